The van der Waals surface area contributed by atoms with Gasteiger partial charge in [0.1, 0.15) is 0 Å². The van der Waals surface area contributed by atoms with Crippen molar-refractivity contribution in [3.8, 4) is 0 Å². The van der Waals surface area contributed by atoms with E-state index in [0.717, 1.165) is 38.0 Å². The first-order valence-electron chi connectivity index (χ1n) is 8.06. The zero-order valence-corrected chi connectivity index (χ0v) is 12.9. The van der Waals surface area contributed by atoms with Crippen molar-refractivity contribution in [2.75, 3.05) is 26.2 Å². The topological polar surface area (TPSA) is 44.3 Å². The van der Waals surface area contributed by atoms with Crippen molar-refractivity contribution < 1.29 is 5.11 Å². The van der Waals surface area contributed by atoms with Crippen molar-refractivity contribution in [1.29, 1.82) is 0 Å². The SMILES string of the molecule is CC(C)(C)C1CCC(CNCC2CNCC2O)CC1. The largest absolute Gasteiger partial charge is 0.391 e. The lowest BCUT2D eigenvalue weighted by molar-refractivity contribution is 0.136. The Kier molecular flexibility index (Phi) is 5.27. The van der Waals surface area contributed by atoms with Crippen LogP contribution >= 0.6 is 0 Å². The molecule has 2 unspecified atom stereocenters. The first-order valence-corrected chi connectivity index (χ1v) is 8.06. The second kappa shape index (κ2) is 6.55. The fraction of sp³-hybridized carbons (Fsp3) is 1.00. The summed E-state index contributed by atoms with van der Waals surface area (Å²) in [6.45, 7) is 11.0. The van der Waals surface area contributed by atoms with E-state index in [1.807, 2.05) is 0 Å². The second-order valence-electron chi connectivity index (χ2n) is 7.73. The summed E-state index contributed by atoms with van der Waals surface area (Å²) < 4.78 is 0. The molecule has 19 heavy (non-hydrogen) atoms. The number of β-amino-alcohol motifs (C(OH)–C–C–N with tert-alkyl or cyclic N) is 1. The summed E-state index contributed by atoms with van der Waals surface area (Å²) in [5.41, 5.74) is 0.484. The van der Waals surface area contributed by atoms with Crippen molar-refractivity contribution in [2.45, 2.75) is 52.6 Å². The lowest BCUT2D eigenvalue weighted by atomic mass is 9.70. The summed E-state index contributed by atoms with van der Waals surface area (Å²) in [7, 11) is 0. The maximum absolute atomic E-state index is 9.75. The highest BCUT2D eigenvalue weighted by Gasteiger charge is 2.30. The van der Waals surface area contributed by atoms with Gasteiger partial charge in [0.05, 0.1) is 6.10 Å². The molecule has 0 aromatic heterocycles. The van der Waals surface area contributed by atoms with Crippen molar-refractivity contribution in [1.82, 2.24) is 10.6 Å². The zero-order valence-electron chi connectivity index (χ0n) is 12.9. The van der Waals surface area contributed by atoms with Crippen molar-refractivity contribution in [3.05, 3.63) is 0 Å². The zero-order chi connectivity index (χ0) is 13.9. The van der Waals surface area contributed by atoms with Gasteiger partial charge in [-0.05, 0) is 49.5 Å². The number of rotatable bonds is 4. The average molecular weight is 268 g/mol. The van der Waals surface area contributed by atoms with Crippen LogP contribution < -0.4 is 10.6 Å². The van der Waals surface area contributed by atoms with Gasteiger partial charge in [-0.2, -0.15) is 0 Å². The molecule has 1 heterocycles. The highest BCUT2D eigenvalue weighted by molar-refractivity contribution is 4.84. The van der Waals surface area contributed by atoms with E-state index in [1.165, 1.54) is 25.7 Å². The monoisotopic (exact) mass is 268 g/mol. The Labute approximate surface area is 118 Å². The van der Waals surface area contributed by atoms with E-state index in [1.54, 1.807) is 0 Å². The average Bonchev–Trinajstić information content (AvgIpc) is 2.75. The van der Waals surface area contributed by atoms with Crippen LogP contribution in [-0.2, 0) is 0 Å². The van der Waals surface area contributed by atoms with E-state index in [2.05, 4.69) is 31.4 Å². The fourth-order valence-electron chi connectivity index (χ4n) is 3.63. The molecule has 2 fully saturated rings. The van der Waals surface area contributed by atoms with Crippen molar-refractivity contribution >= 4 is 0 Å². The molecule has 1 saturated carbocycles. The minimum absolute atomic E-state index is 0.149. The van der Waals surface area contributed by atoms with Crippen LogP contribution in [0.4, 0.5) is 0 Å². The van der Waals surface area contributed by atoms with Crippen LogP contribution in [0.15, 0.2) is 0 Å². The predicted octanol–water partition coefficient (Wildman–Crippen LogP) is 2.01. The van der Waals surface area contributed by atoms with E-state index < -0.39 is 0 Å². The first-order chi connectivity index (χ1) is 8.97. The van der Waals surface area contributed by atoms with Crippen LogP contribution in [0.5, 0.6) is 0 Å². The van der Waals surface area contributed by atoms with Crippen LogP contribution in [0.25, 0.3) is 0 Å². The summed E-state index contributed by atoms with van der Waals surface area (Å²) in [5.74, 6) is 2.17. The van der Waals surface area contributed by atoms with Crippen LogP contribution in [0, 0.1) is 23.2 Å². The Morgan fingerprint density at radius 2 is 1.74 bits per heavy atom. The minimum Gasteiger partial charge on any atom is -0.391 e. The standard InChI is InChI=1S/C16H32N2O/c1-16(2,3)14-6-4-12(5-7-14)8-17-9-13-10-18-11-15(13)19/h12-15,17-19H,4-11H2,1-3H3. The molecule has 0 aromatic rings. The van der Waals surface area contributed by atoms with E-state index >= 15 is 0 Å². The van der Waals surface area contributed by atoms with E-state index in [-0.39, 0.29) is 6.10 Å². The maximum atomic E-state index is 9.75. The minimum atomic E-state index is -0.149. The van der Waals surface area contributed by atoms with Gasteiger partial charge in [-0.1, -0.05) is 20.8 Å². The predicted molar refractivity (Wildman–Crippen MR) is 80.1 cm³/mol. The third kappa shape index (κ3) is 4.44. The molecule has 3 heteroatoms. The van der Waals surface area contributed by atoms with Gasteiger partial charge >= 0.3 is 0 Å². The van der Waals surface area contributed by atoms with Gasteiger partial charge < -0.3 is 15.7 Å². The smallest absolute Gasteiger partial charge is 0.0716 e. The van der Waals surface area contributed by atoms with E-state index in [0.29, 0.717) is 11.3 Å². The molecule has 0 amide bonds. The quantitative estimate of drug-likeness (QED) is 0.731. The molecule has 0 radical (unpaired) electrons. The van der Waals surface area contributed by atoms with Crippen LogP contribution in [0.2, 0.25) is 0 Å². The van der Waals surface area contributed by atoms with E-state index in [9.17, 15) is 5.11 Å². The molecule has 1 saturated heterocycles. The lowest BCUT2D eigenvalue weighted by Gasteiger charge is -2.37. The molecule has 1 aliphatic heterocycles. The number of aliphatic hydroxyl groups is 1. The van der Waals surface area contributed by atoms with Crippen LogP contribution in [-0.4, -0.2) is 37.4 Å². The maximum Gasteiger partial charge on any atom is 0.0716 e. The summed E-state index contributed by atoms with van der Waals surface area (Å²) >= 11 is 0. The molecule has 2 atom stereocenters. The molecule has 112 valence electrons. The Bertz CT molecular complexity index is 266. The van der Waals surface area contributed by atoms with Gasteiger partial charge in [-0.3, -0.25) is 0 Å². The number of hydrogen-bond donors (Lipinski definition) is 3. The van der Waals surface area contributed by atoms with Gasteiger partial charge in [-0.25, -0.2) is 0 Å². The normalized spacial score (nSPS) is 36.6. The molecule has 1 aliphatic carbocycles. The highest BCUT2D eigenvalue weighted by Crippen LogP contribution is 2.39. The van der Waals surface area contributed by atoms with Crippen molar-refractivity contribution in [3.63, 3.8) is 0 Å². The third-order valence-corrected chi connectivity index (χ3v) is 5.22. The fourth-order valence-corrected chi connectivity index (χ4v) is 3.63. The van der Waals surface area contributed by atoms with Crippen LogP contribution in [0.1, 0.15) is 46.5 Å². The Hall–Kier alpha value is -0.120. The summed E-state index contributed by atoms with van der Waals surface area (Å²) in [6.07, 6.45) is 5.39. The number of hydrogen-bond acceptors (Lipinski definition) is 3. The first kappa shape index (κ1) is 15.3. The molecular weight excluding hydrogens is 236 g/mol. The van der Waals surface area contributed by atoms with E-state index in [4.69, 9.17) is 0 Å². The number of aliphatic hydroxyl groups excluding tert-OH is 1. The Balaban J connectivity index is 1.61. The number of nitrogens with one attached hydrogen (secondary N) is 2. The molecule has 3 N–H and O–H groups in total. The lowest BCUT2D eigenvalue weighted by Crippen LogP contribution is -2.35. The van der Waals surface area contributed by atoms with Gasteiger partial charge in [0.25, 0.3) is 0 Å². The molecule has 0 aromatic carbocycles. The molecule has 2 rings (SSSR count). The highest BCUT2D eigenvalue weighted by atomic mass is 16.3. The van der Waals surface area contributed by atoms with Crippen LogP contribution in [0.3, 0.4) is 0 Å². The summed E-state index contributed by atoms with van der Waals surface area (Å²) in [6, 6.07) is 0. The Morgan fingerprint density at radius 3 is 2.26 bits per heavy atom. The Morgan fingerprint density at radius 1 is 1.05 bits per heavy atom. The summed E-state index contributed by atoms with van der Waals surface area (Å²) in [4.78, 5) is 0. The van der Waals surface area contributed by atoms with Crippen molar-refractivity contribution in [2.24, 2.45) is 23.2 Å². The van der Waals surface area contributed by atoms with Gasteiger partial charge in [0.15, 0.2) is 0 Å². The molecule has 0 spiro atoms. The molecule has 3 nitrogen and oxygen atoms in total. The van der Waals surface area contributed by atoms with Gasteiger partial charge in [0.2, 0.25) is 0 Å². The molecule has 2 aliphatic rings. The second-order valence-corrected chi connectivity index (χ2v) is 7.73. The summed E-state index contributed by atoms with van der Waals surface area (Å²) in [5, 5.41) is 16.6. The third-order valence-electron chi connectivity index (χ3n) is 5.22. The molecular formula is C16H32N2O. The van der Waals surface area contributed by atoms with Gasteiger partial charge in [0, 0.05) is 25.6 Å². The molecule has 0 bridgehead atoms. The van der Waals surface area contributed by atoms with Gasteiger partial charge in [-0.15, -0.1) is 0 Å².